The number of aryl methyl sites for hydroxylation is 1. The molecule has 0 saturated carbocycles. The highest BCUT2D eigenvalue weighted by molar-refractivity contribution is 7.22. The summed E-state index contributed by atoms with van der Waals surface area (Å²) in [5.41, 5.74) is 3.37. The van der Waals surface area contributed by atoms with Crippen molar-refractivity contribution in [2.45, 2.75) is 19.8 Å². The number of piperazine rings is 1. The average Bonchev–Trinajstić information content (AvgIpc) is 3.29. The van der Waals surface area contributed by atoms with Crippen LogP contribution in [-0.4, -0.2) is 62.2 Å². The molecular formula is C25H29ClN4O2S. The van der Waals surface area contributed by atoms with E-state index in [9.17, 15) is 4.79 Å². The van der Waals surface area contributed by atoms with Gasteiger partial charge in [0.25, 0.3) is 0 Å². The van der Waals surface area contributed by atoms with Crippen LogP contribution in [0.1, 0.15) is 18.4 Å². The minimum atomic E-state index is 0.0276. The zero-order valence-corrected chi connectivity index (χ0v) is 20.7. The van der Waals surface area contributed by atoms with Gasteiger partial charge in [0, 0.05) is 50.0 Å². The van der Waals surface area contributed by atoms with Crippen LogP contribution in [0.4, 0.5) is 10.8 Å². The number of carbonyl (C=O) groups is 1. The number of amides is 1. The number of methoxy groups -OCH3 is 1. The molecule has 1 atom stereocenters. The molecule has 174 valence electrons. The van der Waals surface area contributed by atoms with Crippen molar-refractivity contribution < 1.29 is 9.53 Å². The Morgan fingerprint density at radius 1 is 1.09 bits per heavy atom. The first-order valence-corrected chi connectivity index (χ1v) is 12.7. The molecule has 5 rings (SSSR count). The second kappa shape index (κ2) is 9.39. The summed E-state index contributed by atoms with van der Waals surface area (Å²) >= 11 is 7.89. The monoisotopic (exact) mass is 484 g/mol. The van der Waals surface area contributed by atoms with Crippen LogP contribution < -0.4 is 14.5 Å². The van der Waals surface area contributed by atoms with Gasteiger partial charge in [-0.15, -0.1) is 0 Å². The van der Waals surface area contributed by atoms with E-state index < -0.39 is 0 Å². The van der Waals surface area contributed by atoms with Gasteiger partial charge in [-0.2, -0.15) is 0 Å². The molecular weight excluding hydrogens is 456 g/mol. The Morgan fingerprint density at radius 3 is 2.70 bits per heavy atom. The Labute approximate surface area is 203 Å². The number of benzene rings is 2. The zero-order valence-electron chi connectivity index (χ0n) is 19.1. The lowest BCUT2D eigenvalue weighted by atomic mass is 9.96. The largest absolute Gasteiger partial charge is 0.497 e. The van der Waals surface area contributed by atoms with Crippen LogP contribution in [0.3, 0.4) is 0 Å². The van der Waals surface area contributed by atoms with Crippen LogP contribution in [0, 0.1) is 12.8 Å². The van der Waals surface area contributed by atoms with Gasteiger partial charge in [0.15, 0.2) is 5.13 Å². The number of nitrogens with zero attached hydrogens (tertiary/aromatic N) is 4. The van der Waals surface area contributed by atoms with Crippen molar-refractivity contribution in [2.75, 3.05) is 56.2 Å². The van der Waals surface area contributed by atoms with Crippen molar-refractivity contribution in [3.8, 4) is 5.75 Å². The fraction of sp³-hybridized carbons (Fsp3) is 0.440. The summed E-state index contributed by atoms with van der Waals surface area (Å²) in [5, 5.41) is 1.75. The van der Waals surface area contributed by atoms with Crippen molar-refractivity contribution in [2.24, 2.45) is 5.92 Å². The second-order valence-electron chi connectivity index (χ2n) is 8.86. The lowest BCUT2D eigenvalue weighted by molar-refractivity contribution is -0.136. The first-order valence-electron chi connectivity index (χ1n) is 11.5. The second-order valence-corrected chi connectivity index (χ2v) is 10.3. The Bertz CT molecular complexity index is 1160. The predicted octanol–water partition coefficient (Wildman–Crippen LogP) is 4.83. The molecule has 3 heterocycles. The summed E-state index contributed by atoms with van der Waals surface area (Å²) in [6.45, 7) is 6.97. The van der Waals surface area contributed by atoms with E-state index in [4.69, 9.17) is 21.3 Å². The maximum absolute atomic E-state index is 13.4. The molecule has 0 N–H and O–H groups in total. The third-order valence-corrected chi connectivity index (χ3v) is 8.04. The van der Waals surface area contributed by atoms with Crippen LogP contribution in [0.25, 0.3) is 10.2 Å². The predicted molar refractivity (Wildman–Crippen MR) is 136 cm³/mol. The minimum Gasteiger partial charge on any atom is -0.497 e. The van der Waals surface area contributed by atoms with Crippen LogP contribution in [-0.2, 0) is 4.79 Å². The Morgan fingerprint density at radius 2 is 1.91 bits per heavy atom. The molecule has 33 heavy (non-hydrogen) atoms. The van der Waals surface area contributed by atoms with Gasteiger partial charge in [-0.1, -0.05) is 29.0 Å². The molecule has 2 aromatic carbocycles. The van der Waals surface area contributed by atoms with E-state index in [0.717, 1.165) is 78.2 Å². The lowest BCUT2D eigenvalue weighted by Crippen LogP contribution is -2.52. The van der Waals surface area contributed by atoms with Crippen molar-refractivity contribution >= 4 is 49.9 Å². The number of halogens is 1. The molecule has 0 spiro atoms. The number of carbonyl (C=O) groups excluding carboxylic acids is 1. The third kappa shape index (κ3) is 4.62. The lowest BCUT2D eigenvalue weighted by Gasteiger charge is -2.40. The summed E-state index contributed by atoms with van der Waals surface area (Å²) in [7, 11) is 1.68. The smallest absolute Gasteiger partial charge is 0.227 e. The van der Waals surface area contributed by atoms with Gasteiger partial charge in [-0.3, -0.25) is 4.79 Å². The molecule has 1 aromatic heterocycles. The topological polar surface area (TPSA) is 48.9 Å². The molecule has 6 nitrogen and oxygen atoms in total. The molecule has 0 aliphatic carbocycles. The van der Waals surface area contributed by atoms with Gasteiger partial charge < -0.3 is 19.4 Å². The van der Waals surface area contributed by atoms with Gasteiger partial charge in [0.2, 0.25) is 5.91 Å². The van der Waals surface area contributed by atoms with Crippen LogP contribution in [0.15, 0.2) is 36.4 Å². The summed E-state index contributed by atoms with van der Waals surface area (Å²) in [5.74, 6) is 1.15. The first kappa shape index (κ1) is 22.3. The molecule has 0 bridgehead atoms. The number of fused-ring (bicyclic) bond motifs is 1. The van der Waals surface area contributed by atoms with E-state index in [1.54, 1.807) is 18.4 Å². The fourth-order valence-electron chi connectivity index (χ4n) is 4.86. The Hall–Kier alpha value is -2.51. The number of anilines is 2. The number of thiazole rings is 1. The van der Waals surface area contributed by atoms with E-state index in [2.05, 4.69) is 22.8 Å². The standard InChI is InChI=1S/C25H29ClN4O2S/c1-17-5-6-19(26)14-22(17)28-10-12-29(13-11-28)24(31)18-4-3-9-30(16-18)25-27-21-8-7-20(32-2)15-23(21)33-25/h5-8,14-15,18H,3-4,9-13,16H2,1-2H3. The quantitative estimate of drug-likeness (QED) is 0.530. The van der Waals surface area contributed by atoms with Crippen molar-refractivity contribution in [1.29, 1.82) is 0 Å². The van der Waals surface area contributed by atoms with Crippen LogP contribution >= 0.6 is 22.9 Å². The van der Waals surface area contributed by atoms with Gasteiger partial charge in [0.1, 0.15) is 5.75 Å². The van der Waals surface area contributed by atoms with Crippen LogP contribution in [0.5, 0.6) is 5.75 Å². The normalized spacial score (nSPS) is 19.2. The number of piperidine rings is 1. The summed E-state index contributed by atoms with van der Waals surface area (Å²) in [6, 6.07) is 12.0. The van der Waals surface area contributed by atoms with Crippen molar-refractivity contribution in [1.82, 2.24) is 9.88 Å². The van der Waals surface area contributed by atoms with E-state index >= 15 is 0 Å². The minimum absolute atomic E-state index is 0.0276. The molecule has 2 aliphatic heterocycles. The van der Waals surface area contributed by atoms with Crippen molar-refractivity contribution in [3.05, 3.63) is 47.0 Å². The number of aromatic nitrogens is 1. The van der Waals surface area contributed by atoms with E-state index in [1.807, 2.05) is 35.2 Å². The molecule has 0 radical (unpaired) electrons. The average molecular weight is 485 g/mol. The first-order chi connectivity index (χ1) is 16.0. The van der Waals surface area contributed by atoms with Gasteiger partial charge in [0.05, 0.1) is 23.2 Å². The van der Waals surface area contributed by atoms with E-state index in [-0.39, 0.29) is 11.8 Å². The number of rotatable bonds is 4. The molecule has 1 amide bonds. The third-order valence-electron chi connectivity index (χ3n) is 6.73. The van der Waals surface area contributed by atoms with Gasteiger partial charge in [-0.25, -0.2) is 4.98 Å². The zero-order chi connectivity index (χ0) is 22.9. The summed E-state index contributed by atoms with van der Waals surface area (Å²) in [6.07, 6.45) is 1.96. The molecule has 3 aromatic rings. The SMILES string of the molecule is COc1ccc2nc(N3CCCC(C(=O)N4CCN(c5cc(Cl)ccc5C)CC4)C3)sc2c1. The highest BCUT2D eigenvalue weighted by atomic mass is 35.5. The Kier molecular flexibility index (Phi) is 6.34. The maximum atomic E-state index is 13.4. The van der Waals surface area contributed by atoms with Gasteiger partial charge >= 0.3 is 0 Å². The van der Waals surface area contributed by atoms with E-state index in [0.29, 0.717) is 0 Å². The molecule has 2 saturated heterocycles. The molecule has 2 fully saturated rings. The number of hydrogen-bond donors (Lipinski definition) is 0. The molecule has 8 heteroatoms. The fourth-order valence-corrected chi connectivity index (χ4v) is 6.05. The Balaban J connectivity index is 1.23. The number of hydrogen-bond acceptors (Lipinski definition) is 6. The highest BCUT2D eigenvalue weighted by Crippen LogP contribution is 2.34. The van der Waals surface area contributed by atoms with Gasteiger partial charge in [-0.05, 0) is 55.7 Å². The number of ether oxygens (including phenoxy) is 1. The highest BCUT2D eigenvalue weighted by Gasteiger charge is 2.32. The van der Waals surface area contributed by atoms with Crippen molar-refractivity contribution in [3.63, 3.8) is 0 Å². The maximum Gasteiger partial charge on any atom is 0.227 e. The van der Waals surface area contributed by atoms with E-state index in [1.165, 1.54) is 11.3 Å². The van der Waals surface area contributed by atoms with Crippen LogP contribution in [0.2, 0.25) is 5.02 Å². The molecule has 2 aliphatic rings. The molecule has 1 unspecified atom stereocenters. The summed E-state index contributed by atoms with van der Waals surface area (Å²) in [4.78, 5) is 24.9. The summed E-state index contributed by atoms with van der Waals surface area (Å²) < 4.78 is 6.46.